The van der Waals surface area contributed by atoms with Gasteiger partial charge in [-0.2, -0.15) is 0 Å². The summed E-state index contributed by atoms with van der Waals surface area (Å²) in [6.07, 6.45) is -1.11. The Hall–Kier alpha value is -1.38. The van der Waals surface area contributed by atoms with Gasteiger partial charge in [-0.05, 0) is 31.2 Å². The van der Waals surface area contributed by atoms with Crippen molar-refractivity contribution in [2.75, 3.05) is 0 Å². The van der Waals surface area contributed by atoms with Crippen LogP contribution in [0, 0.1) is 0 Å². The number of hydrogen-bond donors (Lipinski definition) is 1. The van der Waals surface area contributed by atoms with Crippen molar-refractivity contribution in [2.24, 2.45) is 0 Å². The second-order valence-corrected chi connectivity index (χ2v) is 3.58. The molecule has 0 fully saturated rings. The summed E-state index contributed by atoms with van der Waals surface area (Å²) < 4.78 is 13.1. The summed E-state index contributed by atoms with van der Waals surface area (Å²) >= 11 is 0. The number of aromatic nitrogens is 1. The van der Waals surface area contributed by atoms with Crippen LogP contribution < -0.4 is 0 Å². The van der Waals surface area contributed by atoms with Crippen molar-refractivity contribution in [1.82, 2.24) is 4.98 Å². The van der Waals surface area contributed by atoms with Gasteiger partial charge in [-0.25, -0.2) is 9.37 Å². The predicted octanol–water partition coefficient (Wildman–Crippen LogP) is 3.48. The van der Waals surface area contributed by atoms with Gasteiger partial charge < -0.3 is 5.11 Å². The van der Waals surface area contributed by atoms with Crippen molar-refractivity contribution < 1.29 is 26.6 Å². The van der Waals surface area contributed by atoms with Gasteiger partial charge in [0.15, 0.2) is 0 Å². The molecule has 2 aromatic rings. The van der Waals surface area contributed by atoms with Crippen LogP contribution in [0.2, 0.25) is 0 Å². The van der Waals surface area contributed by atoms with Gasteiger partial charge in [0.1, 0.15) is 11.9 Å². The first-order valence-electron chi connectivity index (χ1n) is 5.08. The van der Waals surface area contributed by atoms with Gasteiger partial charge in [0.2, 0.25) is 0 Å². The van der Waals surface area contributed by atoms with E-state index in [1.165, 1.54) is 6.92 Å². The molecule has 4 heteroatoms. The first kappa shape index (κ1) is 13.7. The van der Waals surface area contributed by atoms with Gasteiger partial charge in [-0.1, -0.05) is 18.2 Å². The Balaban J connectivity index is 0.00000144. The summed E-state index contributed by atoms with van der Waals surface area (Å²) in [7, 11) is 0. The number of halogens is 1. The van der Waals surface area contributed by atoms with Crippen molar-refractivity contribution in [3.05, 3.63) is 48.2 Å². The van der Waals surface area contributed by atoms with E-state index in [-0.39, 0.29) is 22.8 Å². The van der Waals surface area contributed by atoms with E-state index in [0.717, 1.165) is 0 Å². The fourth-order valence-corrected chi connectivity index (χ4v) is 1.51. The standard InChI is InChI=1S/C13H12FNO.Mn/c1-9(14)11-6-4-7-12(15-11)10-5-2-3-8-13(10)16;/h2-9,16H,1H3;. The molecular formula is C13H12FMnNO. The number of pyridine rings is 1. The Morgan fingerprint density at radius 1 is 1.12 bits per heavy atom. The molecule has 0 bridgehead atoms. The summed E-state index contributed by atoms with van der Waals surface area (Å²) in [5.41, 5.74) is 1.57. The molecule has 0 amide bonds. The quantitative estimate of drug-likeness (QED) is 0.849. The van der Waals surface area contributed by atoms with E-state index in [1.54, 1.807) is 36.4 Å². The third-order valence-corrected chi connectivity index (χ3v) is 2.36. The first-order valence-corrected chi connectivity index (χ1v) is 5.08. The summed E-state index contributed by atoms with van der Waals surface area (Å²) in [5, 5.41) is 9.66. The van der Waals surface area contributed by atoms with E-state index in [1.807, 2.05) is 6.07 Å². The summed E-state index contributed by atoms with van der Waals surface area (Å²) in [4.78, 5) is 4.17. The van der Waals surface area contributed by atoms with Gasteiger partial charge in [0, 0.05) is 22.6 Å². The molecule has 1 N–H and O–H groups in total. The van der Waals surface area contributed by atoms with Crippen LogP contribution in [0.4, 0.5) is 4.39 Å². The normalized spacial score (nSPS) is 11.6. The fourth-order valence-electron chi connectivity index (χ4n) is 1.51. The van der Waals surface area contributed by atoms with E-state index in [4.69, 9.17) is 0 Å². The van der Waals surface area contributed by atoms with Crippen molar-refractivity contribution in [3.63, 3.8) is 0 Å². The van der Waals surface area contributed by atoms with E-state index in [0.29, 0.717) is 17.0 Å². The molecule has 89 valence electrons. The van der Waals surface area contributed by atoms with Crippen LogP contribution in [-0.4, -0.2) is 10.1 Å². The minimum absolute atomic E-state index is 0. The maximum absolute atomic E-state index is 13.1. The van der Waals surface area contributed by atoms with Crippen LogP contribution in [-0.2, 0) is 17.1 Å². The van der Waals surface area contributed by atoms with E-state index < -0.39 is 6.17 Å². The molecule has 0 saturated carbocycles. The number of phenols is 1. The van der Waals surface area contributed by atoms with Gasteiger partial charge >= 0.3 is 0 Å². The topological polar surface area (TPSA) is 33.1 Å². The van der Waals surface area contributed by atoms with Crippen LogP contribution >= 0.6 is 0 Å². The number of alkyl halides is 1. The molecule has 1 heterocycles. The molecule has 0 aliphatic rings. The average molecular weight is 272 g/mol. The van der Waals surface area contributed by atoms with E-state index in [9.17, 15) is 9.50 Å². The minimum Gasteiger partial charge on any atom is -0.507 e. The van der Waals surface area contributed by atoms with Crippen LogP contribution in [0.1, 0.15) is 18.8 Å². The second-order valence-electron chi connectivity index (χ2n) is 3.58. The molecule has 2 nitrogen and oxygen atoms in total. The fraction of sp³-hybridized carbons (Fsp3) is 0.154. The van der Waals surface area contributed by atoms with Crippen LogP contribution in [0.3, 0.4) is 0 Å². The Labute approximate surface area is 110 Å². The number of aromatic hydroxyl groups is 1. The number of phenolic OH excluding ortho intramolecular Hbond substituents is 1. The van der Waals surface area contributed by atoms with Gasteiger partial charge in [0.05, 0.1) is 11.4 Å². The van der Waals surface area contributed by atoms with Crippen molar-refractivity contribution in [1.29, 1.82) is 0 Å². The molecule has 1 unspecified atom stereocenters. The van der Waals surface area contributed by atoms with Crippen molar-refractivity contribution >= 4 is 0 Å². The maximum Gasteiger partial charge on any atom is 0.139 e. The van der Waals surface area contributed by atoms with Crippen LogP contribution in [0.15, 0.2) is 42.5 Å². The summed E-state index contributed by atoms with van der Waals surface area (Å²) in [5.74, 6) is 0.152. The molecule has 0 aliphatic carbocycles. The van der Waals surface area contributed by atoms with Crippen LogP contribution in [0.25, 0.3) is 11.3 Å². The second kappa shape index (κ2) is 5.80. The third kappa shape index (κ3) is 3.05. The summed E-state index contributed by atoms with van der Waals surface area (Å²) in [6.45, 7) is 1.44. The molecule has 2 rings (SSSR count). The van der Waals surface area contributed by atoms with Crippen molar-refractivity contribution in [3.8, 4) is 17.0 Å². The van der Waals surface area contributed by atoms with Crippen LogP contribution in [0.5, 0.6) is 5.75 Å². The molecule has 1 aromatic carbocycles. The Morgan fingerprint density at radius 2 is 1.82 bits per heavy atom. The molecular weight excluding hydrogens is 260 g/mol. The number of hydrogen-bond acceptors (Lipinski definition) is 2. The molecule has 1 atom stereocenters. The van der Waals surface area contributed by atoms with Gasteiger partial charge in [0.25, 0.3) is 0 Å². The maximum atomic E-state index is 13.1. The monoisotopic (exact) mass is 272 g/mol. The van der Waals surface area contributed by atoms with Gasteiger partial charge in [-0.3, -0.25) is 0 Å². The molecule has 0 aliphatic heterocycles. The zero-order valence-electron chi connectivity index (χ0n) is 9.27. The average Bonchev–Trinajstić information content (AvgIpc) is 2.30. The Bertz CT molecular complexity index is 502. The summed E-state index contributed by atoms with van der Waals surface area (Å²) in [6, 6.07) is 12.0. The zero-order valence-corrected chi connectivity index (χ0v) is 10.4. The Morgan fingerprint density at radius 3 is 2.47 bits per heavy atom. The number of nitrogens with zero attached hydrogens (tertiary/aromatic N) is 1. The Kier molecular flexibility index (Phi) is 4.67. The van der Waals surface area contributed by atoms with E-state index >= 15 is 0 Å². The molecule has 0 saturated heterocycles. The first-order chi connectivity index (χ1) is 7.68. The van der Waals surface area contributed by atoms with Gasteiger partial charge in [-0.15, -0.1) is 0 Å². The molecule has 0 spiro atoms. The smallest absolute Gasteiger partial charge is 0.139 e. The zero-order chi connectivity index (χ0) is 11.5. The number of rotatable bonds is 2. The number of benzene rings is 1. The minimum atomic E-state index is -1.11. The third-order valence-electron chi connectivity index (χ3n) is 2.36. The largest absolute Gasteiger partial charge is 0.507 e. The molecule has 1 radical (unpaired) electrons. The number of para-hydroxylation sites is 1. The van der Waals surface area contributed by atoms with E-state index in [2.05, 4.69) is 4.98 Å². The molecule has 17 heavy (non-hydrogen) atoms. The predicted molar refractivity (Wildman–Crippen MR) is 60.9 cm³/mol. The SMILES string of the molecule is CC(F)c1cccc(-c2ccccc2O)n1.[Mn]. The van der Waals surface area contributed by atoms with Crippen molar-refractivity contribution in [2.45, 2.75) is 13.1 Å². The molecule has 1 aromatic heterocycles.